The van der Waals surface area contributed by atoms with Gasteiger partial charge in [0, 0.05) is 25.3 Å². The van der Waals surface area contributed by atoms with E-state index < -0.39 is 11.5 Å². The second kappa shape index (κ2) is 6.97. The average Bonchev–Trinajstić information content (AvgIpc) is 2.59. The van der Waals surface area contributed by atoms with Gasteiger partial charge < -0.3 is 21.2 Å². The Hall–Kier alpha value is -3.47. The van der Waals surface area contributed by atoms with Crippen molar-refractivity contribution in [1.29, 1.82) is 5.26 Å². The molecule has 130 valence electrons. The summed E-state index contributed by atoms with van der Waals surface area (Å²) in [6, 6.07) is 8.83. The molecule has 0 saturated carbocycles. The van der Waals surface area contributed by atoms with Gasteiger partial charge in [-0.15, -0.1) is 0 Å². The summed E-state index contributed by atoms with van der Waals surface area (Å²) in [4.78, 5) is 26.6. The van der Waals surface area contributed by atoms with Crippen molar-refractivity contribution in [3.05, 3.63) is 45.7 Å². The number of nitriles is 1. The molecule has 0 saturated heterocycles. The second-order valence-corrected chi connectivity index (χ2v) is 5.46. The summed E-state index contributed by atoms with van der Waals surface area (Å²) in [6.45, 7) is 1.76. The molecule has 8 heteroatoms. The zero-order valence-electron chi connectivity index (χ0n) is 14.2. The summed E-state index contributed by atoms with van der Waals surface area (Å²) in [5.74, 6) is 4.61. The van der Waals surface area contributed by atoms with Crippen LogP contribution in [0.25, 0.3) is 11.1 Å². The minimum absolute atomic E-state index is 0.0990. The van der Waals surface area contributed by atoms with Crippen molar-refractivity contribution in [3.8, 4) is 17.2 Å². The van der Waals surface area contributed by atoms with Crippen LogP contribution in [0.1, 0.15) is 22.8 Å². The van der Waals surface area contributed by atoms with Gasteiger partial charge in [-0.25, -0.2) is 9.47 Å². The van der Waals surface area contributed by atoms with Gasteiger partial charge in [0.25, 0.3) is 5.56 Å². The molecule has 0 unspecified atom stereocenters. The quantitative estimate of drug-likeness (QED) is 0.625. The number of esters is 1. The summed E-state index contributed by atoms with van der Waals surface area (Å²) in [5, 5.41) is 9.43. The molecule has 0 atom stereocenters. The van der Waals surface area contributed by atoms with E-state index in [1.54, 1.807) is 31.2 Å². The molecule has 0 spiro atoms. The maximum Gasteiger partial charge on any atom is 0.342 e. The lowest BCUT2D eigenvalue weighted by Crippen LogP contribution is -2.34. The number of nitrogens with zero attached hydrogens (tertiary/aromatic N) is 3. The van der Waals surface area contributed by atoms with E-state index in [1.807, 2.05) is 25.1 Å². The van der Waals surface area contributed by atoms with Gasteiger partial charge in [-0.1, -0.05) is 12.1 Å². The zero-order chi connectivity index (χ0) is 18.7. The molecule has 1 aromatic heterocycles. The Balaban J connectivity index is 2.84. The number of pyridine rings is 1. The number of hydrogen-bond acceptors (Lipinski definition) is 7. The molecular formula is C17H19N5O3. The molecule has 0 amide bonds. The molecule has 0 aliphatic heterocycles. The first-order valence-corrected chi connectivity index (χ1v) is 7.52. The van der Waals surface area contributed by atoms with Crippen LogP contribution in [0.4, 0.5) is 11.5 Å². The molecule has 8 nitrogen and oxygen atoms in total. The maximum absolute atomic E-state index is 12.4. The van der Waals surface area contributed by atoms with Crippen LogP contribution in [0, 0.1) is 11.3 Å². The van der Waals surface area contributed by atoms with Crippen LogP contribution >= 0.6 is 0 Å². The number of anilines is 2. The highest BCUT2D eigenvalue weighted by molar-refractivity contribution is 6.03. The van der Waals surface area contributed by atoms with Crippen LogP contribution < -0.4 is 22.0 Å². The lowest BCUT2D eigenvalue weighted by atomic mass is 9.95. The van der Waals surface area contributed by atoms with Gasteiger partial charge in [0.15, 0.2) is 0 Å². The fourth-order valence-electron chi connectivity index (χ4n) is 2.44. The van der Waals surface area contributed by atoms with Crippen molar-refractivity contribution in [2.45, 2.75) is 6.92 Å². The summed E-state index contributed by atoms with van der Waals surface area (Å²) in [5.41, 5.74) is 6.26. The van der Waals surface area contributed by atoms with E-state index in [2.05, 4.69) is 0 Å². The van der Waals surface area contributed by atoms with Crippen LogP contribution in [0.5, 0.6) is 0 Å². The molecule has 0 fully saturated rings. The lowest BCUT2D eigenvalue weighted by Gasteiger charge is -2.17. The number of benzene rings is 1. The van der Waals surface area contributed by atoms with E-state index >= 15 is 0 Å². The summed E-state index contributed by atoms with van der Waals surface area (Å²) in [7, 11) is 3.76. The van der Waals surface area contributed by atoms with Crippen molar-refractivity contribution in [2.24, 2.45) is 0 Å². The minimum atomic E-state index is -0.778. The van der Waals surface area contributed by atoms with Gasteiger partial charge in [-0.2, -0.15) is 5.26 Å². The monoisotopic (exact) mass is 341 g/mol. The molecule has 2 aromatic rings. The number of carbonyl (C=O) groups excluding carboxylic acids is 1. The Kier molecular flexibility index (Phi) is 4.98. The van der Waals surface area contributed by atoms with Crippen molar-refractivity contribution in [2.75, 3.05) is 37.2 Å². The summed E-state index contributed by atoms with van der Waals surface area (Å²) >= 11 is 0. The first kappa shape index (κ1) is 17.9. The summed E-state index contributed by atoms with van der Waals surface area (Å²) in [6.07, 6.45) is 0. The number of nitrogen functional groups attached to an aromatic ring is 2. The SMILES string of the molecule is CCOC(=O)c1c(-c2ccc(N(C)C)cc2)c(C#N)c(=O)n(N)c1N. The van der Waals surface area contributed by atoms with E-state index in [0.717, 1.165) is 5.69 Å². The largest absolute Gasteiger partial charge is 0.462 e. The number of hydrogen-bond donors (Lipinski definition) is 2. The van der Waals surface area contributed by atoms with Crippen molar-refractivity contribution < 1.29 is 9.53 Å². The van der Waals surface area contributed by atoms with Gasteiger partial charge in [-0.3, -0.25) is 4.79 Å². The van der Waals surface area contributed by atoms with E-state index in [4.69, 9.17) is 16.3 Å². The number of nitrogens with two attached hydrogens (primary N) is 2. The van der Waals surface area contributed by atoms with E-state index in [-0.39, 0.29) is 29.1 Å². The van der Waals surface area contributed by atoms with Gasteiger partial charge in [0.1, 0.15) is 23.0 Å². The van der Waals surface area contributed by atoms with Crippen LogP contribution in [0.3, 0.4) is 0 Å². The highest BCUT2D eigenvalue weighted by atomic mass is 16.5. The van der Waals surface area contributed by atoms with Crippen molar-refractivity contribution in [3.63, 3.8) is 0 Å². The number of aromatic nitrogens is 1. The van der Waals surface area contributed by atoms with Crippen LogP contribution in [0.2, 0.25) is 0 Å². The fourth-order valence-corrected chi connectivity index (χ4v) is 2.44. The first-order valence-electron chi connectivity index (χ1n) is 7.52. The van der Waals surface area contributed by atoms with E-state index in [0.29, 0.717) is 10.2 Å². The van der Waals surface area contributed by atoms with Crippen LogP contribution in [0.15, 0.2) is 29.1 Å². The molecular weight excluding hydrogens is 322 g/mol. The molecule has 0 aliphatic carbocycles. The molecule has 1 heterocycles. The van der Waals surface area contributed by atoms with Crippen LogP contribution in [-0.4, -0.2) is 31.3 Å². The topological polar surface area (TPSA) is 127 Å². The first-order chi connectivity index (χ1) is 11.8. The van der Waals surface area contributed by atoms with Gasteiger partial charge in [-0.05, 0) is 24.6 Å². The third-order valence-corrected chi connectivity index (χ3v) is 3.71. The van der Waals surface area contributed by atoms with Gasteiger partial charge in [0.2, 0.25) is 0 Å². The Morgan fingerprint density at radius 2 is 1.92 bits per heavy atom. The maximum atomic E-state index is 12.4. The van der Waals surface area contributed by atoms with E-state index in [1.165, 1.54) is 0 Å². The number of carbonyl (C=O) groups is 1. The zero-order valence-corrected chi connectivity index (χ0v) is 14.2. The Bertz CT molecular complexity index is 908. The van der Waals surface area contributed by atoms with Crippen LogP contribution in [-0.2, 0) is 4.74 Å². The van der Waals surface area contributed by atoms with E-state index in [9.17, 15) is 14.9 Å². The van der Waals surface area contributed by atoms with Crippen molar-refractivity contribution in [1.82, 2.24) is 4.68 Å². The predicted molar refractivity (Wildman–Crippen MR) is 95.7 cm³/mol. The summed E-state index contributed by atoms with van der Waals surface area (Å²) < 4.78 is 5.61. The third-order valence-electron chi connectivity index (χ3n) is 3.71. The lowest BCUT2D eigenvalue weighted by molar-refractivity contribution is 0.0527. The molecule has 0 radical (unpaired) electrons. The highest BCUT2D eigenvalue weighted by Gasteiger charge is 2.26. The number of ether oxygens (including phenoxy) is 1. The molecule has 1 aromatic carbocycles. The number of rotatable bonds is 4. The standard InChI is InChI=1S/C17H19N5O3/c1-4-25-17(24)14-13(10-5-7-11(8-6-10)21(2)3)12(9-18)16(23)22(20)15(14)19/h5-8H,4,19-20H2,1-3H3. The third kappa shape index (κ3) is 3.12. The average molecular weight is 341 g/mol. The molecule has 2 rings (SSSR count). The highest BCUT2D eigenvalue weighted by Crippen LogP contribution is 2.31. The van der Waals surface area contributed by atoms with Gasteiger partial charge >= 0.3 is 5.97 Å². The Morgan fingerprint density at radius 1 is 1.32 bits per heavy atom. The van der Waals surface area contributed by atoms with Gasteiger partial charge in [0.05, 0.1) is 6.61 Å². The Labute approximate surface area is 144 Å². The Morgan fingerprint density at radius 3 is 2.40 bits per heavy atom. The minimum Gasteiger partial charge on any atom is -0.462 e. The molecule has 0 aliphatic rings. The van der Waals surface area contributed by atoms with Crippen molar-refractivity contribution >= 4 is 17.5 Å². The second-order valence-electron chi connectivity index (χ2n) is 5.46. The predicted octanol–water partition coefficient (Wildman–Crippen LogP) is 0.926. The molecule has 4 N–H and O–H groups in total. The fraction of sp³-hybridized carbons (Fsp3) is 0.235. The normalized spacial score (nSPS) is 10.2. The smallest absolute Gasteiger partial charge is 0.342 e. The molecule has 25 heavy (non-hydrogen) atoms. The molecule has 0 bridgehead atoms.